The summed E-state index contributed by atoms with van der Waals surface area (Å²) in [5.74, 6) is -1.74. The van der Waals surface area contributed by atoms with Gasteiger partial charge in [0.25, 0.3) is 0 Å². The summed E-state index contributed by atoms with van der Waals surface area (Å²) in [5, 5.41) is 0. The van der Waals surface area contributed by atoms with Gasteiger partial charge in [-0.15, -0.1) is 0 Å². The summed E-state index contributed by atoms with van der Waals surface area (Å²) < 4.78 is 37.1. The average molecular weight is 257 g/mol. The van der Waals surface area contributed by atoms with Gasteiger partial charge in [-0.1, -0.05) is 17.7 Å². The third-order valence-corrected chi connectivity index (χ3v) is 3.23. The van der Waals surface area contributed by atoms with Crippen LogP contribution in [0.15, 0.2) is 12.1 Å². The number of carbonyl (C=O) groups is 1. The quantitative estimate of drug-likeness (QED) is 0.699. The van der Waals surface area contributed by atoms with Crippen LogP contribution >= 0.6 is 0 Å². The highest BCUT2D eigenvalue weighted by Gasteiger charge is 2.43. The molecule has 98 valence electrons. The summed E-state index contributed by atoms with van der Waals surface area (Å²) in [6.45, 7) is 4.04. The molecule has 0 bridgehead atoms. The highest BCUT2D eigenvalue weighted by atomic mass is 19.4. The van der Waals surface area contributed by atoms with E-state index in [0.29, 0.717) is 6.42 Å². The van der Waals surface area contributed by atoms with Crippen molar-refractivity contribution in [2.24, 2.45) is 0 Å². The first kappa shape index (κ1) is 12.9. The zero-order valence-electron chi connectivity index (χ0n) is 10.3. The molecule has 1 amide bonds. The van der Waals surface area contributed by atoms with Crippen LogP contribution in [0, 0.1) is 13.8 Å². The standard InChI is InChI=1S/C13H14F3NO/c1-8-5-9(2)11-3-4-17(7-10(11)6-8)12(18)13(14,15)16/h5-6H,3-4,7H2,1-2H3. The van der Waals surface area contributed by atoms with Crippen molar-refractivity contribution < 1.29 is 18.0 Å². The van der Waals surface area contributed by atoms with E-state index in [0.717, 1.165) is 27.2 Å². The molecule has 2 rings (SSSR count). The Labute approximate surface area is 103 Å². The van der Waals surface area contributed by atoms with Gasteiger partial charge in [-0.2, -0.15) is 13.2 Å². The van der Waals surface area contributed by atoms with Gasteiger partial charge in [0, 0.05) is 13.1 Å². The number of carbonyl (C=O) groups excluding carboxylic acids is 1. The molecule has 5 heteroatoms. The van der Waals surface area contributed by atoms with E-state index in [4.69, 9.17) is 0 Å². The van der Waals surface area contributed by atoms with E-state index in [1.165, 1.54) is 0 Å². The lowest BCUT2D eigenvalue weighted by Crippen LogP contribution is -2.43. The fraction of sp³-hybridized carbons (Fsp3) is 0.462. The molecule has 1 aliphatic heterocycles. The van der Waals surface area contributed by atoms with Gasteiger partial charge < -0.3 is 4.90 Å². The Hall–Kier alpha value is -1.52. The number of amides is 1. The van der Waals surface area contributed by atoms with Crippen LogP contribution in [0.5, 0.6) is 0 Å². The summed E-state index contributed by atoms with van der Waals surface area (Å²) in [4.78, 5) is 12.1. The summed E-state index contributed by atoms with van der Waals surface area (Å²) >= 11 is 0. The molecule has 0 spiro atoms. The van der Waals surface area contributed by atoms with Crippen molar-refractivity contribution in [3.05, 3.63) is 34.4 Å². The Kier molecular flexibility index (Phi) is 3.09. The Balaban J connectivity index is 2.28. The summed E-state index contributed by atoms with van der Waals surface area (Å²) in [5.41, 5.74) is 4.00. The number of hydrogen-bond donors (Lipinski definition) is 0. The number of rotatable bonds is 0. The maximum Gasteiger partial charge on any atom is 0.471 e. The van der Waals surface area contributed by atoms with Crippen LogP contribution in [-0.2, 0) is 17.8 Å². The van der Waals surface area contributed by atoms with Crippen molar-refractivity contribution in [1.29, 1.82) is 0 Å². The monoisotopic (exact) mass is 257 g/mol. The van der Waals surface area contributed by atoms with E-state index in [1.54, 1.807) is 0 Å². The van der Waals surface area contributed by atoms with Gasteiger partial charge in [0.1, 0.15) is 0 Å². The summed E-state index contributed by atoms with van der Waals surface area (Å²) in [6, 6.07) is 3.87. The van der Waals surface area contributed by atoms with Crippen LogP contribution in [0.25, 0.3) is 0 Å². The normalized spacial score (nSPS) is 15.5. The SMILES string of the molecule is Cc1cc(C)c2c(c1)CN(C(=O)C(F)(F)F)CC2. The zero-order chi connectivity index (χ0) is 13.5. The first-order valence-corrected chi connectivity index (χ1v) is 5.74. The predicted octanol–water partition coefficient (Wildman–Crippen LogP) is 2.75. The van der Waals surface area contributed by atoms with Crippen molar-refractivity contribution in [2.75, 3.05) is 6.54 Å². The zero-order valence-corrected chi connectivity index (χ0v) is 10.3. The molecule has 0 aromatic heterocycles. The molecular formula is C13H14F3NO. The van der Waals surface area contributed by atoms with Gasteiger partial charge in [0.2, 0.25) is 0 Å². The van der Waals surface area contributed by atoms with Crippen molar-refractivity contribution in [2.45, 2.75) is 33.0 Å². The topological polar surface area (TPSA) is 20.3 Å². The molecule has 1 aromatic rings. The molecule has 0 radical (unpaired) electrons. The van der Waals surface area contributed by atoms with Crippen molar-refractivity contribution in [3.63, 3.8) is 0 Å². The molecule has 2 nitrogen and oxygen atoms in total. The second-order valence-corrected chi connectivity index (χ2v) is 4.69. The minimum Gasteiger partial charge on any atom is -0.330 e. The number of hydrogen-bond acceptors (Lipinski definition) is 1. The Morgan fingerprint density at radius 2 is 1.94 bits per heavy atom. The molecular weight excluding hydrogens is 243 g/mol. The number of nitrogens with zero attached hydrogens (tertiary/aromatic N) is 1. The van der Waals surface area contributed by atoms with E-state index in [9.17, 15) is 18.0 Å². The second-order valence-electron chi connectivity index (χ2n) is 4.69. The Morgan fingerprint density at radius 3 is 2.56 bits per heavy atom. The number of benzene rings is 1. The number of alkyl halides is 3. The minimum absolute atomic E-state index is 0.0518. The summed E-state index contributed by atoms with van der Waals surface area (Å²) in [7, 11) is 0. The van der Waals surface area contributed by atoms with Gasteiger partial charge in [-0.25, -0.2) is 0 Å². The van der Waals surface area contributed by atoms with Crippen molar-refractivity contribution in [1.82, 2.24) is 4.90 Å². The van der Waals surface area contributed by atoms with Gasteiger partial charge in [0.15, 0.2) is 0 Å². The maximum atomic E-state index is 12.4. The Bertz CT molecular complexity index is 494. The molecule has 0 fully saturated rings. The first-order valence-electron chi connectivity index (χ1n) is 5.74. The second kappa shape index (κ2) is 4.30. The van der Waals surface area contributed by atoms with E-state index in [-0.39, 0.29) is 13.1 Å². The van der Waals surface area contributed by atoms with Gasteiger partial charge in [-0.3, -0.25) is 4.79 Å². The van der Waals surface area contributed by atoms with Crippen LogP contribution in [0.3, 0.4) is 0 Å². The van der Waals surface area contributed by atoms with Crippen LogP contribution in [0.4, 0.5) is 13.2 Å². The van der Waals surface area contributed by atoms with Crippen molar-refractivity contribution in [3.8, 4) is 0 Å². The molecule has 0 atom stereocenters. The first-order chi connectivity index (χ1) is 8.29. The molecule has 1 aliphatic rings. The van der Waals surface area contributed by atoms with Crippen LogP contribution in [-0.4, -0.2) is 23.5 Å². The van der Waals surface area contributed by atoms with Crippen LogP contribution in [0.2, 0.25) is 0 Å². The lowest BCUT2D eigenvalue weighted by atomic mass is 9.93. The van der Waals surface area contributed by atoms with Gasteiger partial charge in [-0.05, 0) is 37.0 Å². The average Bonchev–Trinajstić information content (AvgIpc) is 2.25. The van der Waals surface area contributed by atoms with E-state index in [1.807, 2.05) is 26.0 Å². The highest BCUT2D eigenvalue weighted by Crippen LogP contribution is 2.27. The minimum atomic E-state index is -4.78. The lowest BCUT2D eigenvalue weighted by Gasteiger charge is -2.30. The molecule has 1 heterocycles. The molecule has 0 aliphatic carbocycles. The highest BCUT2D eigenvalue weighted by molar-refractivity contribution is 5.82. The Morgan fingerprint density at radius 1 is 1.28 bits per heavy atom. The lowest BCUT2D eigenvalue weighted by molar-refractivity contribution is -0.186. The van der Waals surface area contributed by atoms with Crippen molar-refractivity contribution >= 4 is 5.91 Å². The molecule has 0 N–H and O–H groups in total. The third-order valence-electron chi connectivity index (χ3n) is 3.23. The van der Waals surface area contributed by atoms with E-state index >= 15 is 0 Å². The summed E-state index contributed by atoms with van der Waals surface area (Å²) in [6.07, 6.45) is -4.29. The third kappa shape index (κ3) is 2.35. The van der Waals surface area contributed by atoms with E-state index in [2.05, 4.69) is 0 Å². The van der Waals surface area contributed by atoms with Gasteiger partial charge in [0.05, 0.1) is 0 Å². The van der Waals surface area contributed by atoms with Crippen LogP contribution in [0.1, 0.15) is 22.3 Å². The van der Waals surface area contributed by atoms with Crippen LogP contribution < -0.4 is 0 Å². The molecule has 18 heavy (non-hydrogen) atoms. The number of fused-ring (bicyclic) bond motifs is 1. The predicted molar refractivity (Wildman–Crippen MR) is 61.1 cm³/mol. The van der Waals surface area contributed by atoms with E-state index < -0.39 is 12.1 Å². The molecule has 0 unspecified atom stereocenters. The number of aryl methyl sites for hydroxylation is 2. The fourth-order valence-electron chi connectivity index (χ4n) is 2.47. The maximum absolute atomic E-state index is 12.4. The fourth-order valence-corrected chi connectivity index (χ4v) is 2.47. The molecule has 0 saturated carbocycles. The largest absolute Gasteiger partial charge is 0.471 e. The molecule has 1 aromatic carbocycles. The van der Waals surface area contributed by atoms with Gasteiger partial charge >= 0.3 is 12.1 Å². The smallest absolute Gasteiger partial charge is 0.330 e. The molecule has 0 saturated heterocycles. The number of halogens is 3.